The number of sulfonamides is 1. The Balaban J connectivity index is 1.36. The van der Waals surface area contributed by atoms with Crippen LogP contribution in [-0.4, -0.2) is 41.9 Å². The monoisotopic (exact) mass is 492 g/mol. The fraction of sp³-hybridized carbons (Fsp3) is 0.286. The van der Waals surface area contributed by atoms with Gasteiger partial charge in [0.05, 0.1) is 4.90 Å². The van der Waals surface area contributed by atoms with Crippen molar-refractivity contribution in [1.29, 1.82) is 0 Å². The summed E-state index contributed by atoms with van der Waals surface area (Å²) in [6.45, 7) is 1.06. The number of nitrogens with zero attached hydrogens (tertiary/aromatic N) is 3. The lowest BCUT2D eigenvalue weighted by Gasteiger charge is -2.25. The van der Waals surface area contributed by atoms with Crippen LogP contribution in [0.4, 0.5) is 9.52 Å². The lowest BCUT2D eigenvalue weighted by atomic mass is 10.2. The molecule has 0 unspecified atom stereocenters. The molecule has 1 N–H and O–H groups in total. The van der Waals surface area contributed by atoms with Gasteiger partial charge in [-0.05, 0) is 54.8 Å². The number of carbonyl (C=O) groups excluding carboxylic acids is 1. The Morgan fingerprint density at radius 1 is 1.09 bits per heavy atom. The van der Waals surface area contributed by atoms with E-state index < -0.39 is 15.9 Å². The van der Waals surface area contributed by atoms with Crippen LogP contribution in [0.3, 0.4) is 0 Å². The first kappa shape index (κ1) is 22.8. The number of rotatable bonds is 7. The van der Waals surface area contributed by atoms with Crippen LogP contribution in [0.25, 0.3) is 0 Å². The van der Waals surface area contributed by atoms with Gasteiger partial charge in [0.15, 0.2) is 4.34 Å². The van der Waals surface area contributed by atoms with Crippen LogP contribution in [0.2, 0.25) is 0 Å². The first-order chi connectivity index (χ1) is 15.4. The summed E-state index contributed by atoms with van der Waals surface area (Å²) < 4.78 is 40.9. The fourth-order valence-electron chi connectivity index (χ4n) is 3.29. The molecule has 11 heteroatoms. The molecule has 1 fully saturated rings. The fourth-order valence-corrected chi connectivity index (χ4v) is 6.50. The van der Waals surface area contributed by atoms with Gasteiger partial charge in [-0.2, -0.15) is 4.31 Å². The van der Waals surface area contributed by atoms with Crippen molar-refractivity contribution in [2.24, 2.45) is 0 Å². The van der Waals surface area contributed by atoms with Crippen molar-refractivity contribution in [1.82, 2.24) is 14.5 Å². The van der Waals surface area contributed by atoms with Gasteiger partial charge in [0, 0.05) is 24.4 Å². The van der Waals surface area contributed by atoms with Crippen LogP contribution >= 0.6 is 23.1 Å². The van der Waals surface area contributed by atoms with E-state index in [1.807, 2.05) is 6.07 Å². The Morgan fingerprint density at radius 2 is 1.84 bits per heavy atom. The zero-order valence-corrected chi connectivity index (χ0v) is 19.5. The van der Waals surface area contributed by atoms with Gasteiger partial charge >= 0.3 is 0 Å². The number of thioether (sulfide) groups is 1. The molecule has 4 rings (SSSR count). The van der Waals surface area contributed by atoms with E-state index in [0.29, 0.717) is 33.9 Å². The number of aromatic nitrogens is 2. The van der Waals surface area contributed by atoms with Crippen LogP contribution in [0.1, 0.15) is 35.2 Å². The minimum Gasteiger partial charge on any atom is -0.296 e. The number of piperidine rings is 1. The maximum absolute atomic E-state index is 13.3. The molecule has 0 spiro atoms. The molecule has 2 heterocycles. The van der Waals surface area contributed by atoms with Crippen LogP contribution in [0.5, 0.6) is 0 Å². The van der Waals surface area contributed by atoms with Gasteiger partial charge in [0.25, 0.3) is 5.91 Å². The molecular weight excluding hydrogens is 471 g/mol. The Kier molecular flexibility index (Phi) is 7.19. The third-order valence-corrected chi connectivity index (χ3v) is 8.90. The molecule has 1 aliphatic rings. The highest BCUT2D eigenvalue weighted by Gasteiger charge is 2.26. The third-order valence-electron chi connectivity index (χ3n) is 4.95. The van der Waals surface area contributed by atoms with E-state index >= 15 is 0 Å². The van der Waals surface area contributed by atoms with Crippen molar-refractivity contribution in [2.75, 3.05) is 18.4 Å². The van der Waals surface area contributed by atoms with E-state index in [4.69, 9.17) is 0 Å². The van der Waals surface area contributed by atoms with Gasteiger partial charge in [0.2, 0.25) is 15.2 Å². The van der Waals surface area contributed by atoms with Crippen molar-refractivity contribution < 1.29 is 17.6 Å². The minimum atomic E-state index is -3.54. The molecule has 0 bridgehead atoms. The number of carbonyl (C=O) groups is 1. The standard InChI is InChI=1S/C21H21FN4O3S3/c22-17-6-4-5-15(13-17)14-30-21-25-24-20(31-21)23-19(27)16-7-9-18(10-8-16)32(28,29)26-11-2-1-3-12-26/h4-10,13H,1-3,11-12,14H2,(H,23,24,27). The van der Waals surface area contributed by atoms with Gasteiger partial charge in [-0.1, -0.05) is 41.7 Å². The second kappa shape index (κ2) is 10.1. The van der Waals surface area contributed by atoms with E-state index in [-0.39, 0.29) is 10.7 Å². The first-order valence-corrected chi connectivity index (χ1v) is 13.3. The SMILES string of the molecule is O=C(Nc1nnc(SCc2cccc(F)c2)s1)c1ccc(S(=O)(=O)N2CCCCC2)cc1. The highest BCUT2D eigenvalue weighted by atomic mass is 32.2. The van der Waals surface area contributed by atoms with Crippen molar-refractivity contribution >= 4 is 44.2 Å². The van der Waals surface area contributed by atoms with E-state index in [1.54, 1.807) is 6.07 Å². The van der Waals surface area contributed by atoms with Gasteiger partial charge in [-0.15, -0.1) is 10.2 Å². The summed E-state index contributed by atoms with van der Waals surface area (Å²) in [4.78, 5) is 12.7. The number of benzene rings is 2. The maximum Gasteiger partial charge on any atom is 0.257 e. The highest BCUT2D eigenvalue weighted by Crippen LogP contribution is 2.29. The molecule has 1 aliphatic heterocycles. The lowest BCUT2D eigenvalue weighted by Crippen LogP contribution is -2.35. The number of nitrogens with one attached hydrogen (secondary N) is 1. The van der Waals surface area contributed by atoms with E-state index in [0.717, 1.165) is 24.8 Å². The molecule has 1 aromatic heterocycles. The third kappa shape index (κ3) is 5.52. The number of hydrogen-bond acceptors (Lipinski definition) is 7. The molecule has 0 saturated carbocycles. The van der Waals surface area contributed by atoms with Crippen LogP contribution in [-0.2, 0) is 15.8 Å². The van der Waals surface area contributed by atoms with Gasteiger partial charge in [0.1, 0.15) is 5.82 Å². The van der Waals surface area contributed by atoms with E-state index in [1.165, 1.54) is 63.8 Å². The lowest BCUT2D eigenvalue weighted by molar-refractivity contribution is 0.102. The first-order valence-electron chi connectivity index (χ1n) is 10.0. The summed E-state index contributed by atoms with van der Waals surface area (Å²) in [7, 11) is -3.54. The Bertz CT molecular complexity index is 1190. The molecule has 1 amide bonds. The average Bonchev–Trinajstić information content (AvgIpc) is 3.25. The summed E-state index contributed by atoms with van der Waals surface area (Å²) in [5, 5.41) is 11.0. The molecular formula is C21H21FN4O3S3. The van der Waals surface area contributed by atoms with Gasteiger partial charge in [-0.25, -0.2) is 12.8 Å². The number of hydrogen-bond donors (Lipinski definition) is 1. The topological polar surface area (TPSA) is 92.3 Å². The quantitative estimate of drug-likeness (QED) is 0.388. The second-order valence-corrected chi connectivity index (χ2v) is 11.4. The number of anilines is 1. The molecule has 2 aromatic carbocycles. The molecule has 168 valence electrons. The second-order valence-electron chi connectivity index (χ2n) is 7.23. The predicted octanol–water partition coefficient (Wildman–Crippen LogP) is 4.40. The molecule has 3 aromatic rings. The summed E-state index contributed by atoms with van der Waals surface area (Å²) in [5.74, 6) is -0.152. The van der Waals surface area contributed by atoms with Crippen LogP contribution in [0.15, 0.2) is 57.8 Å². The van der Waals surface area contributed by atoms with E-state index in [2.05, 4.69) is 15.5 Å². The molecule has 0 atom stereocenters. The van der Waals surface area contributed by atoms with Crippen molar-refractivity contribution in [3.8, 4) is 0 Å². The van der Waals surface area contributed by atoms with Crippen molar-refractivity contribution in [2.45, 2.75) is 34.3 Å². The average molecular weight is 493 g/mol. The van der Waals surface area contributed by atoms with Gasteiger partial charge in [-0.3, -0.25) is 10.1 Å². The number of amides is 1. The van der Waals surface area contributed by atoms with E-state index in [9.17, 15) is 17.6 Å². The Labute approximate surface area is 194 Å². The normalized spacial score (nSPS) is 14.9. The molecule has 7 nitrogen and oxygen atoms in total. The smallest absolute Gasteiger partial charge is 0.257 e. The van der Waals surface area contributed by atoms with Crippen LogP contribution in [0, 0.1) is 5.82 Å². The molecule has 0 radical (unpaired) electrons. The summed E-state index contributed by atoms with van der Waals surface area (Å²) in [6.07, 6.45) is 2.77. The Hall–Kier alpha value is -2.34. The summed E-state index contributed by atoms with van der Waals surface area (Å²) in [6, 6.07) is 12.2. The Morgan fingerprint density at radius 3 is 2.56 bits per heavy atom. The largest absolute Gasteiger partial charge is 0.296 e. The highest BCUT2D eigenvalue weighted by molar-refractivity contribution is 8.00. The molecule has 0 aliphatic carbocycles. The zero-order valence-electron chi connectivity index (χ0n) is 17.0. The predicted molar refractivity (Wildman–Crippen MR) is 123 cm³/mol. The number of halogens is 1. The van der Waals surface area contributed by atoms with Gasteiger partial charge < -0.3 is 0 Å². The minimum absolute atomic E-state index is 0.183. The van der Waals surface area contributed by atoms with Crippen molar-refractivity contribution in [3.05, 3.63) is 65.5 Å². The molecule has 32 heavy (non-hydrogen) atoms. The maximum atomic E-state index is 13.3. The summed E-state index contributed by atoms with van der Waals surface area (Å²) >= 11 is 2.62. The summed E-state index contributed by atoms with van der Waals surface area (Å²) in [5.41, 5.74) is 1.15. The zero-order chi connectivity index (χ0) is 22.6. The molecule has 1 saturated heterocycles. The van der Waals surface area contributed by atoms with Crippen LogP contribution < -0.4 is 5.32 Å². The van der Waals surface area contributed by atoms with Crippen molar-refractivity contribution in [3.63, 3.8) is 0 Å².